The van der Waals surface area contributed by atoms with Crippen LogP contribution in [0.4, 0.5) is 0 Å². The molecule has 0 aromatic heterocycles. The van der Waals surface area contributed by atoms with Gasteiger partial charge in [0.1, 0.15) is 11.7 Å². The number of allylic oxidation sites excluding steroid dienone is 3. The lowest BCUT2D eigenvalue weighted by atomic mass is 9.22. The van der Waals surface area contributed by atoms with E-state index in [1.54, 1.807) is 19.3 Å². The first-order chi connectivity index (χ1) is 18.0. The van der Waals surface area contributed by atoms with Gasteiger partial charge in [-0.05, 0) is 70.4 Å². The second-order valence-corrected chi connectivity index (χ2v) is 13.6. The molecule has 2 bridgehead atoms. The number of hydrogen-bond donors (Lipinski definition) is 1. The van der Waals surface area contributed by atoms with Crippen LogP contribution in [0.5, 0.6) is 11.5 Å². The number of hydrogen-bond acceptors (Lipinski definition) is 6. The fourth-order valence-corrected chi connectivity index (χ4v) is 9.75. The van der Waals surface area contributed by atoms with Gasteiger partial charge in [0.05, 0.1) is 5.60 Å². The van der Waals surface area contributed by atoms with Crippen LogP contribution in [0.25, 0.3) is 0 Å². The largest absolute Gasteiger partial charge is 0.482 e. The summed E-state index contributed by atoms with van der Waals surface area (Å²) in [5, 5.41) is 11.3. The third-order valence-electron chi connectivity index (χ3n) is 11.9. The van der Waals surface area contributed by atoms with Gasteiger partial charge in [0.2, 0.25) is 0 Å². The molecule has 1 aromatic carbocycles. The minimum absolute atomic E-state index is 0.0385. The van der Waals surface area contributed by atoms with Gasteiger partial charge in [-0.2, -0.15) is 0 Å². The summed E-state index contributed by atoms with van der Waals surface area (Å²) in [6.45, 7) is 11.4. The number of ether oxygens (including phenoxy) is 3. The molecule has 6 aliphatic rings. The molecule has 2 unspecified atom stereocenters. The molecule has 1 N–H and O–H groups in total. The fourth-order valence-electron chi connectivity index (χ4n) is 9.75. The van der Waals surface area contributed by atoms with Gasteiger partial charge in [0, 0.05) is 53.6 Å². The van der Waals surface area contributed by atoms with E-state index in [2.05, 4.69) is 24.8 Å². The Balaban J connectivity index is 1.39. The number of nitrogens with zero attached hydrogens (tertiary/aromatic N) is 1. The molecule has 38 heavy (non-hydrogen) atoms. The molecule has 1 saturated heterocycles. The van der Waals surface area contributed by atoms with E-state index in [-0.39, 0.29) is 28.4 Å². The maximum atomic E-state index is 12.7. The minimum atomic E-state index is -0.948. The van der Waals surface area contributed by atoms with Crippen molar-refractivity contribution in [1.29, 1.82) is 0 Å². The molecule has 2 spiro atoms. The minimum Gasteiger partial charge on any atom is -0.482 e. The van der Waals surface area contributed by atoms with Gasteiger partial charge in [0.25, 0.3) is 0 Å². The van der Waals surface area contributed by atoms with E-state index in [1.165, 1.54) is 30.0 Å². The number of esters is 1. The average Bonchev–Trinajstić information content (AvgIpc) is 3.62. The number of likely N-dealkylation sites (tertiary alicyclic amines) is 1. The van der Waals surface area contributed by atoms with Crippen LogP contribution in [-0.4, -0.2) is 58.5 Å². The summed E-state index contributed by atoms with van der Waals surface area (Å²) < 4.78 is 19.5. The van der Waals surface area contributed by atoms with E-state index >= 15 is 0 Å². The first kappa shape index (κ1) is 24.9. The Morgan fingerprint density at radius 1 is 1.29 bits per heavy atom. The monoisotopic (exact) mass is 519 g/mol. The fraction of sp³-hybridized carbons (Fsp3) is 0.656. The summed E-state index contributed by atoms with van der Waals surface area (Å²) in [4.78, 5) is 15.5. The molecule has 0 radical (unpaired) electrons. The summed E-state index contributed by atoms with van der Waals surface area (Å²) in [5.74, 6) is 1.42. The normalized spacial score (nSPS) is 40.9. The first-order valence-corrected chi connectivity index (χ1v) is 14.4. The van der Waals surface area contributed by atoms with Crippen LogP contribution in [0.3, 0.4) is 0 Å². The molecule has 204 valence electrons. The molecule has 6 nitrogen and oxygen atoms in total. The lowest BCUT2D eigenvalue weighted by Gasteiger charge is -2.90. The van der Waals surface area contributed by atoms with Crippen molar-refractivity contribution in [3.8, 4) is 11.5 Å². The second kappa shape index (κ2) is 7.52. The summed E-state index contributed by atoms with van der Waals surface area (Å²) in [6, 6.07) is 4.55. The van der Waals surface area contributed by atoms with Crippen LogP contribution in [0.2, 0.25) is 0 Å². The van der Waals surface area contributed by atoms with Crippen LogP contribution >= 0.6 is 0 Å². The molecule has 1 aromatic rings. The SMILES string of the molecule is C/C=C/C=C/C(=O)Oc1ccc2c3c1O[C@@H]1[C@]34CC3(C[C@@]1(OC)C(C)C(C)(C)O)N(CC1CC1)[C@H](C2)[C@]34C. The zero-order chi connectivity index (χ0) is 26.9. The molecule has 3 saturated carbocycles. The van der Waals surface area contributed by atoms with E-state index < -0.39 is 17.2 Å². The zero-order valence-electron chi connectivity index (χ0n) is 23.5. The maximum Gasteiger partial charge on any atom is 0.336 e. The van der Waals surface area contributed by atoms with E-state index in [4.69, 9.17) is 14.2 Å². The number of methoxy groups -OCH3 is 1. The number of benzene rings is 1. The van der Waals surface area contributed by atoms with Gasteiger partial charge in [-0.3, -0.25) is 4.90 Å². The van der Waals surface area contributed by atoms with Crippen molar-refractivity contribution in [1.82, 2.24) is 4.90 Å². The van der Waals surface area contributed by atoms with Gasteiger partial charge in [-0.25, -0.2) is 4.79 Å². The van der Waals surface area contributed by atoms with E-state index in [0.717, 1.165) is 31.7 Å². The topological polar surface area (TPSA) is 68.2 Å². The molecule has 6 heteroatoms. The highest BCUT2D eigenvalue weighted by molar-refractivity contribution is 5.85. The van der Waals surface area contributed by atoms with Crippen molar-refractivity contribution in [3.05, 3.63) is 47.6 Å². The van der Waals surface area contributed by atoms with Crippen molar-refractivity contribution < 1.29 is 24.1 Å². The lowest BCUT2D eigenvalue weighted by molar-refractivity contribution is -0.405. The number of carbonyl (C=O) groups is 1. The van der Waals surface area contributed by atoms with E-state index in [1.807, 2.05) is 32.9 Å². The van der Waals surface area contributed by atoms with Crippen LogP contribution in [-0.2, 0) is 21.4 Å². The van der Waals surface area contributed by atoms with Crippen molar-refractivity contribution in [2.45, 2.75) is 101 Å². The van der Waals surface area contributed by atoms with Gasteiger partial charge >= 0.3 is 5.97 Å². The summed E-state index contributed by atoms with van der Waals surface area (Å²) in [7, 11) is 1.79. The molecule has 4 aliphatic carbocycles. The Morgan fingerprint density at radius 2 is 2.05 bits per heavy atom. The molecule has 2 heterocycles. The molecule has 2 aliphatic heterocycles. The molecular formula is C32H41NO5. The van der Waals surface area contributed by atoms with Crippen LogP contribution < -0.4 is 9.47 Å². The third kappa shape index (κ3) is 2.63. The maximum absolute atomic E-state index is 12.7. The Labute approximate surface area is 226 Å². The van der Waals surface area contributed by atoms with Crippen molar-refractivity contribution in [2.75, 3.05) is 13.7 Å². The first-order valence-electron chi connectivity index (χ1n) is 14.4. The van der Waals surface area contributed by atoms with Gasteiger partial charge in [-0.1, -0.05) is 38.1 Å². The third-order valence-corrected chi connectivity index (χ3v) is 11.9. The zero-order valence-corrected chi connectivity index (χ0v) is 23.5. The van der Waals surface area contributed by atoms with E-state index in [0.29, 0.717) is 17.5 Å². The highest BCUT2D eigenvalue weighted by atomic mass is 16.6. The number of piperidine rings is 1. The quantitative estimate of drug-likeness (QED) is 0.232. The lowest BCUT2D eigenvalue weighted by Crippen LogP contribution is -3.00. The van der Waals surface area contributed by atoms with E-state index in [9.17, 15) is 9.90 Å². The Kier molecular flexibility index (Phi) is 4.92. The summed E-state index contributed by atoms with van der Waals surface area (Å²) >= 11 is 0. The van der Waals surface area contributed by atoms with Crippen LogP contribution in [0.15, 0.2) is 36.4 Å². The highest BCUT2D eigenvalue weighted by Gasteiger charge is 2.94. The van der Waals surface area contributed by atoms with Crippen molar-refractivity contribution >= 4 is 5.97 Å². The van der Waals surface area contributed by atoms with Gasteiger partial charge < -0.3 is 19.3 Å². The standard InChI is InChI=1S/C32H41NO5/c1-7-8-9-10-24(34)37-22-14-13-21-15-23-29(5)30(33(23)16-20-11-12-20)17-31(29)25(21)26(22)38-27(31)32(18-30,36-6)19(2)28(3,4)35/h7-10,13-14,19-20,23,27,35H,11-12,15-18H2,1-6H3/b8-7+,10-9+/t19?,23-,27-,29-,30?,31+,32-/m1/s1. The number of carbonyl (C=O) groups excluding carboxylic acids is 1. The number of aliphatic hydroxyl groups is 1. The molecule has 7 rings (SSSR count). The van der Waals surface area contributed by atoms with Crippen molar-refractivity contribution in [3.63, 3.8) is 0 Å². The van der Waals surface area contributed by atoms with Crippen LogP contribution in [0.1, 0.15) is 71.4 Å². The smallest absolute Gasteiger partial charge is 0.336 e. The molecule has 0 amide bonds. The second-order valence-electron chi connectivity index (χ2n) is 13.6. The van der Waals surface area contributed by atoms with Gasteiger partial charge in [0.15, 0.2) is 11.5 Å². The van der Waals surface area contributed by atoms with Crippen molar-refractivity contribution in [2.24, 2.45) is 17.3 Å². The Bertz CT molecular complexity index is 1280. The predicted octanol–water partition coefficient (Wildman–Crippen LogP) is 4.72. The highest BCUT2D eigenvalue weighted by Crippen LogP contribution is 2.87. The van der Waals surface area contributed by atoms with Crippen LogP contribution in [0, 0.1) is 17.3 Å². The summed E-state index contributed by atoms with van der Waals surface area (Å²) in [5.41, 5.74) is 0.795. The molecule has 7 atom stereocenters. The Morgan fingerprint density at radius 3 is 2.71 bits per heavy atom. The van der Waals surface area contributed by atoms with Gasteiger partial charge in [-0.15, -0.1) is 0 Å². The predicted molar refractivity (Wildman–Crippen MR) is 144 cm³/mol. The molecule has 4 fully saturated rings. The molecular weight excluding hydrogens is 478 g/mol. The summed E-state index contributed by atoms with van der Waals surface area (Å²) in [6.07, 6.45) is 12.1. The number of rotatable bonds is 8. The Hall–Kier alpha value is -2.15. The average molecular weight is 520 g/mol.